The van der Waals surface area contributed by atoms with Gasteiger partial charge < -0.3 is 0 Å². The molecule has 1 aliphatic rings. The minimum Gasteiger partial charge on any atom is -0.100 e. The Bertz CT molecular complexity index is 657. The minimum atomic E-state index is 0.306. The molecule has 0 unspecified atom stereocenters. The highest BCUT2D eigenvalue weighted by Crippen LogP contribution is 2.21. The largest absolute Gasteiger partial charge is 0.100 e. The van der Waals surface area contributed by atoms with Crippen molar-refractivity contribution in [3.63, 3.8) is 0 Å². The van der Waals surface area contributed by atoms with Crippen molar-refractivity contribution in [1.29, 1.82) is 0 Å². The average Bonchev–Trinajstić information content (AvgIpc) is 2.78. The maximum absolute atomic E-state index is 3.86. The molecule has 1 aliphatic carbocycles. The predicted molar refractivity (Wildman–Crippen MR) is 139 cm³/mol. The molecule has 0 amide bonds. The fourth-order valence-corrected chi connectivity index (χ4v) is 1.10. The van der Waals surface area contributed by atoms with Crippen LogP contribution >= 0.6 is 0 Å². The van der Waals surface area contributed by atoms with Gasteiger partial charge in [-0.2, -0.15) is 0 Å². The summed E-state index contributed by atoms with van der Waals surface area (Å²) >= 11 is 0. The fraction of sp³-hybridized carbons (Fsp3) is 0.448. The van der Waals surface area contributed by atoms with Gasteiger partial charge in [-0.05, 0) is 71.4 Å². The summed E-state index contributed by atoms with van der Waals surface area (Å²) in [4.78, 5) is 0. The van der Waals surface area contributed by atoms with Gasteiger partial charge >= 0.3 is 0 Å². The van der Waals surface area contributed by atoms with Crippen molar-refractivity contribution in [3.05, 3.63) is 95.7 Å². The molecule has 0 atom stereocenters. The van der Waals surface area contributed by atoms with Crippen molar-refractivity contribution in [3.8, 4) is 0 Å². The zero-order valence-electron chi connectivity index (χ0n) is 21.4. The molecular formula is C29H48. The lowest BCUT2D eigenvalue weighted by Crippen LogP contribution is -2.04. The van der Waals surface area contributed by atoms with E-state index in [9.17, 15) is 0 Å². The van der Waals surface area contributed by atoms with Crippen molar-refractivity contribution in [1.82, 2.24) is 0 Å². The van der Waals surface area contributed by atoms with Gasteiger partial charge in [-0.25, -0.2) is 0 Å². The van der Waals surface area contributed by atoms with Crippen LogP contribution in [0.4, 0.5) is 0 Å². The van der Waals surface area contributed by atoms with E-state index in [2.05, 4.69) is 94.7 Å². The van der Waals surface area contributed by atoms with Crippen LogP contribution in [0, 0.1) is 5.41 Å². The molecule has 0 fully saturated rings. The zero-order chi connectivity index (χ0) is 23.8. The monoisotopic (exact) mass is 396 g/mol. The first-order valence-corrected chi connectivity index (χ1v) is 10.4. The van der Waals surface area contributed by atoms with E-state index in [4.69, 9.17) is 0 Å². The van der Waals surface area contributed by atoms with E-state index >= 15 is 0 Å². The summed E-state index contributed by atoms with van der Waals surface area (Å²) in [5, 5.41) is 0. The van der Waals surface area contributed by atoms with E-state index in [1.54, 1.807) is 0 Å². The Morgan fingerprint density at radius 3 is 1.52 bits per heavy atom. The summed E-state index contributed by atoms with van der Waals surface area (Å²) in [5.41, 5.74) is 8.99. The standard InChI is InChI=1S/C9H10.C8H14.C7H14.C5H10/c1-8-6-4-3-5-7-9(8)2;1-6(2)8(5)7(3)4;1-6(2)7(3,4)5;1-4-5(2)3/h3-7H,1H2,2H3;1H2,2-5H3;1H2,2-5H3;2,4H2,1,3H3. The highest BCUT2D eigenvalue weighted by molar-refractivity contribution is 5.41. The summed E-state index contributed by atoms with van der Waals surface area (Å²) in [6.07, 6.45) is 11.2. The second kappa shape index (κ2) is 16.8. The van der Waals surface area contributed by atoms with E-state index in [1.165, 1.54) is 33.4 Å². The Labute approximate surface area is 183 Å². The Kier molecular flexibility index (Phi) is 18.4. The van der Waals surface area contributed by atoms with Gasteiger partial charge in [0.1, 0.15) is 0 Å². The van der Waals surface area contributed by atoms with Gasteiger partial charge in [-0.3, -0.25) is 0 Å². The van der Waals surface area contributed by atoms with Crippen LogP contribution in [-0.2, 0) is 0 Å². The van der Waals surface area contributed by atoms with Crippen molar-refractivity contribution in [2.75, 3.05) is 0 Å². The van der Waals surface area contributed by atoms with Gasteiger partial charge in [0.15, 0.2) is 0 Å². The Balaban J connectivity index is -0.000000318. The van der Waals surface area contributed by atoms with Gasteiger partial charge in [0.2, 0.25) is 0 Å². The van der Waals surface area contributed by atoms with E-state index in [0.29, 0.717) is 5.41 Å². The number of allylic oxidation sites excluding steroid dienone is 12. The van der Waals surface area contributed by atoms with Gasteiger partial charge in [-0.15, -0.1) is 6.58 Å². The quantitative estimate of drug-likeness (QED) is 0.321. The van der Waals surface area contributed by atoms with Gasteiger partial charge in [0.25, 0.3) is 0 Å². The lowest BCUT2D eigenvalue weighted by molar-refractivity contribution is 0.506. The molecule has 1 rings (SSSR count). The number of rotatable bonds is 2. The number of hydrogen-bond donors (Lipinski definition) is 0. The van der Waals surface area contributed by atoms with Crippen LogP contribution in [0.3, 0.4) is 0 Å². The molecule has 0 heteroatoms. The lowest BCUT2D eigenvalue weighted by Gasteiger charge is -2.16. The van der Waals surface area contributed by atoms with Crippen molar-refractivity contribution in [2.45, 2.75) is 82.6 Å². The van der Waals surface area contributed by atoms with Crippen LogP contribution in [0.25, 0.3) is 0 Å². The molecule has 0 saturated heterocycles. The van der Waals surface area contributed by atoms with E-state index < -0.39 is 0 Å². The molecule has 0 saturated carbocycles. The lowest BCUT2D eigenvalue weighted by atomic mass is 9.89. The van der Waals surface area contributed by atoms with Crippen molar-refractivity contribution in [2.24, 2.45) is 5.41 Å². The molecule has 0 radical (unpaired) electrons. The number of hydrogen-bond acceptors (Lipinski definition) is 0. The minimum absolute atomic E-state index is 0.306. The van der Waals surface area contributed by atoms with Gasteiger partial charge in [-0.1, -0.05) is 106 Å². The smallest absolute Gasteiger partial charge is 0.0178 e. The molecule has 0 N–H and O–H groups in total. The van der Waals surface area contributed by atoms with Gasteiger partial charge in [0.05, 0.1) is 0 Å². The second-order valence-electron chi connectivity index (χ2n) is 8.87. The maximum Gasteiger partial charge on any atom is -0.0178 e. The fourth-order valence-electron chi connectivity index (χ4n) is 1.10. The van der Waals surface area contributed by atoms with Crippen LogP contribution < -0.4 is 0 Å². The third-order valence-electron chi connectivity index (χ3n) is 4.65. The molecule has 0 bridgehead atoms. The van der Waals surface area contributed by atoms with Crippen LogP contribution in [0.15, 0.2) is 95.7 Å². The Morgan fingerprint density at radius 1 is 0.862 bits per heavy atom. The predicted octanol–water partition coefficient (Wildman–Crippen LogP) is 10.1. The van der Waals surface area contributed by atoms with Crippen LogP contribution in [0.1, 0.15) is 82.6 Å². The molecule has 29 heavy (non-hydrogen) atoms. The summed E-state index contributed by atoms with van der Waals surface area (Å²) in [6.45, 7) is 38.2. The third kappa shape index (κ3) is 22.1. The van der Waals surface area contributed by atoms with E-state index in [-0.39, 0.29) is 0 Å². The third-order valence-corrected chi connectivity index (χ3v) is 4.65. The first kappa shape index (κ1) is 31.6. The molecule has 0 nitrogen and oxygen atoms in total. The molecule has 0 heterocycles. The topological polar surface area (TPSA) is 0 Å². The molecule has 0 spiro atoms. The summed E-state index contributed by atoms with van der Waals surface area (Å²) in [5.74, 6) is 0. The first-order chi connectivity index (χ1) is 13.1. The zero-order valence-corrected chi connectivity index (χ0v) is 21.4. The Hall–Kier alpha value is -2.08. The molecule has 0 aromatic heterocycles. The highest BCUT2D eigenvalue weighted by Gasteiger charge is 2.08. The maximum atomic E-state index is 3.86. The molecule has 164 valence electrons. The molecule has 0 aromatic rings. The molecule has 0 aromatic carbocycles. The second-order valence-corrected chi connectivity index (χ2v) is 8.87. The van der Waals surface area contributed by atoms with Crippen LogP contribution in [0.2, 0.25) is 0 Å². The van der Waals surface area contributed by atoms with Crippen LogP contribution in [-0.4, -0.2) is 0 Å². The molecule has 0 aliphatic heterocycles. The normalized spacial score (nSPS) is 11.8. The average molecular weight is 397 g/mol. The van der Waals surface area contributed by atoms with Gasteiger partial charge in [0, 0.05) is 0 Å². The van der Waals surface area contributed by atoms with Crippen LogP contribution in [0.5, 0.6) is 0 Å². The Morgan fingerprint density at radius 2 is 1.28 bits per heavy atom. The SMILES string of the molecule is C=C(C)C(C)(C)C.C=C(C)C(C)=C(C)C.C=C(C)CC.C=C1C=CC=CC=C1C. The summed E-state index contributed by atoms with van der Waals surface area (Å²) < 4.78 is 0. The highest BCUT2D eigenvalue weighted by atomic mass is 14.1. The van der Waals surface area contributed by atoms with Crippen molar-refractivity contribution < 1.29 is 0 Å². The van der Waals surface area contributed by atoms with E-state index in [0.717, 1.165) is 12.0 Å². The van der Waals surface area contributed by atoms with E-state index in [1.807, 2.05) is 38.2 Å². The first-order valence-electron chi connectivity index (χ1n) is 10.4. The van der Waals surface area contributed by atoms with Crippen molar-refractivity contribution >= 4 is 0 Å². The summed E-state index contributed by atoms with van der Waals surface area (Å²) in [6, 6.07) is 0. The molecular weight excluding hydrogens is 348 g/mol. The summed E-state index contributed by atoms with van der Waals surface area (Å²) in [7, 11) is 0.